The van der Waals surface area contributed by atoms with E-state index in [0.717, 1.165) is 29.9 Å². The van der Waals surface area contributed by atoms with Crippen molar-refractivity contribution < 1.29 is 9.53 Å². The number of fused-ring (bicyclic) bond motifs is 1. The van der Waals surface area contributed by atoms with Gasteiger partial charge in [0.05, 0.1) is 17.6 Å². The Morgan fingerprint density at radius 2 is 2.05 bits per heavy atom. The number of methoxy groups -OCH3 is 1. The summed E-state index contributed by atoms with van der Waals surface area (Å²) in [5, 5.41) is 0.630. The number of nitrogens with zero attached hydrogens (tertiary/aromatic N) is 2. The molecule has 1 fully saturated rings. The van der Waals surface area contributed by atoms with Gasteiger partial charge in [-0.15, -0.1) is 0 Å². The smallest absolute Gasteiger partial charge is 0.260 e. The number of amides is 1. The molecule has 0 saturated heterocycles. The zero-order chi connectivity index (χ0) is 15.5. The molecule has 0 aromatic heterocycles. The highest BCUT2D eigenvalue weighted by Crippen LogP contribution is 2.30. The molecule has 118 valence electrons. The van der Waals surface area contributed by atoms with E-state index < -0.39 is 0 Å². The molecule has 5 heteroatoms. The zero-order valence-electron chi connectivity index (χ0n) is 13.1. The zero-order valence-corrected chi connectivity index (χ0v) is 13.9. The summed E-state index contributed by atoms with van der Waals surface area (Å²) in [6.45, 7) is 2.00. The molecule has 0 N–H and O–H groups in total. The van der Waals surface area contributed by atoms with E-state index in [4.69, 9.17) is 4.74 Å². The van der Waals surface area contributed by atoms with Crippen LogP contribution in [0.4, 0.5) is 0 Å². The van der Waals surface area contributed by atoms with Gasteiger partial charge in [-0.3, -0.25) is 4.79 Å². The van der Waals surface area contributed by atoms with Crippen LogP contribution in [-0.2, 0) is 9.53 Å². The van der Waals surface area contributed by atoms with Crippen LogP contribution in [-0.4, -0.2) is 41.7 Å². The lowest BCUT2D eigenvalue weighted by atomic mass is 9.91. The second-order valence-corrected chi connectivity index (χ2v) is 7.31. The van der Waals surface area contributed by atoms with Crippen LogP contribution in [0, 0.1) is 5.92 Å². The van der Waals surface area contributed by atoms with Crippen molar-refractivity contribution >= 4 is 29.2 Å². The van der Waals surface area contributed by atoms with Gasteiger partial charge >= 0.3 is 0 Å². The van der Waals surface area contributed by atoms with Gasteiger partial charge in [-0.25, -0.2) is 4.99 Å². The number of thioether (sulfide) groups is 1. The summed E-state index contributed by atoms with van der Waals surface area (Å²) in [4.78, 5) is 21.0. The van der Waals surface area contributed by atoms with Gasteiger partial charge in [0.2, 0.25) is 0 Å². The van der Waals surface area contributed by atoms with E-state index in [1.54, 1.807) is 7.11 Å². The minimum absolute atomic E-state index is 0.0765. The van der Waals surface area contributed by atoms with Gasteiger partial charge in [-0.2, -0.15) is 16.8 Å². The summed E-state index contributed by atoms with van der Waals surface area (Å²) in [7, 11) is 1.79. The molecule has 0 aromatic rings. The van der Waals surface area contributed by atoms with Crippen molar-refractivity contribution in [3.8, 4) is 0 Å². The average Bonchev–Trinajstić information content (AvgIpc) is 2.54. The van der Waals surface area contributed by atoms with E-state index in [-0.39, 0.29) is 11.8 Å². The molecule has 0 bridgehead atoms. The van der Waals surface area contributed by atoms with Crippen LogP contribution in [0.25, 0.3) is 0 Å². The first-order chi connectivity index (χ1) is 10.7. The maximum atomic E-state index is 12.1. The molecule has 2 aliphatic carbocycles. The molecule has 1 heterocycles. The van der Waals surface area contributed by atoms with E-state index >= 15 is 0 Å². The monoisotopic (exact) mass is 318 g/mol. The Balaban J connectivity index is 1.59. The number of aliphatic imine (C=N–C) groups is 2. The molecule has 3 rings (SSSR count). The van der Waals surface area contributed by atoms with Crippen molar-refractivity contribution in [2.75, 3.05) is 12.9 Å². The molecular formula is C17H22N2O2S. The summed E-state index contributed by atoms with van der Waals surface area (Å²) in [5.41, 5.74) is 1.94. The van der Waals surface area contributed by atoms with Gasteiger partial charge < -0.3 is 4.74 Å². The standard InChI is InChI=1S/C17H22N2O2S/c1-11-4-3-5-14-16(11)18-15(19-17(14)20)10-22-13-8-6-12(21-2)7-9-13/h3-5,12-14H,6-10H2,1-2H3. The molecule has 1 saturated carbocycles. The second kappa shape index (κ2) is 6.92. The van der Waals surface area contributed by atoms with Crippen molar-refractivity contribution in [3.63, 3.8) is 0 Å². The topological polar surface area (TPSA) is 51.0 Å². The molecular weight excluding hydrogens is 296 g/mol. The van der Waals surface area contributed by atoms with Crippen LogP contribution in [0.3, 0.4) is 0 Å². The summed E-state index contributed by atoms with van der Waals surface area (Å²) in [6.07, 6.45) is 10.8. The average molecular weight is 318 g/mol. The Hall–Kier alpha value is -1.20. The number of carbonyl (C=O) groups is 1. The summed E-state index contributed by atoms with van der Waals surface area (Å²) >= 11 is 1.88. The van der Waals surface area contributed by atoms with Gasteiger partial charge in [0, 0.05) is 12.4 Å². The Labute approximate surface area is 135 Å². The first-order valence-corrected chi connectivity index (χ1v) is 8.92. The molecule has 3 aliphatic rings. The number of hydrogen-bond acceptors (Lipinski definition) is 4. The van der Waals surface area contributed by atoms with Gasteiger partial charge in [0.15, 0.2) is 0 Å². The Morgan fingerprint density at radius 1 is 1.27 bits per heavy atom. The Kier molecular flexibility index (Phi) is 4.93. The Morgan fingerprint density at radius 3 is 2.77 bits per heavy atom. The van der Waals surface area contributed by atoms with Crippen LogP contribution >= 0.6 is 11.8 Å². The van der Waals surface area contributed by atoms with Gasteiger partial charge in [-0.1, -0.05) is 18.2 Å². The van der Waals surface area contributed by atoms with Crippen LogP contribution < -0.4 is 0 Å². The number of carbonyl (C=O) groups excluding carboxylic acids is 1. The van der Waals surface area contributed by atoms with E-state index in [0.29, 0.717) is 17.2 Å². The molecule has 4 nitrogen and oxygen atoms in total. The van der Waals surface area contributed by atoms with Crippen LogP contribution in [0.15, 0.2) is 33.8 Å². The number of allylic oxidation sites excluding steroid dienone is 3. The highest BCUT2D eigenvalue weighted by Gasteiger charge is 2.29. The maximum absolute atomic E-state index is 12.1. The van der Waals surface area contributed by atoms with Crippen molar-refractivity contribution in [1.82, 2.24) is 0 Å². The fourth-order valence-corrected chi connectivity index (χ4v) is 4.26. The van der Waals surface area contributed by atoms with Gasteiger partial charge in [-0.05, 0) is 38.2 Å². The van der Waals surface area contributed by atoms with E-state index in [2.05, 4.69) is 9.98 Å². The van der Waals surface area contributed by atoms with Gasteiger partial charge in [0.1, 0.15) is 11.8 Å². The molecule has 0 spiro atoms. The van der Waals surface area contributed by atoms with Gasteiger partial charge in [0.25, 0.3) is 5.91 Å². The SMILES string of the molecule is COC1CCC(SCC2=NC(=O)C3C=CC=C(C)C3=N2)CC1. The molecule has 1 atom stereocenters. The lowest BCUT2D eigenvalue weighted by molar-refractivity contribution is -0.118. The third-order valence-corrected chi connectivity index (χ3v) is 5.87. The van der Waals surface area contributed by atoms with E-state index in [9.17, 15) is 4.79 Å². The lowest BCUT2D eigenvalue weighted by Gasteiger charge is -2.27. The molecule has 1 amide bonds. The largest absolute Gasteiger partial charge is 0.381 e. The summed E-state index contributed by atoms with van der Waals surface area (Å²) in [5.74, 6) is 1.06. The first kappa shape index (κ1) is 15.7. The maximum Gasteiger partial charge on any atom is 0.260 e. The molecule has 0 aromatic carbocycles. The molecule has 22 heavy (non-hydrogen) atoms. The molecule has 1 aliphatic heterocycles. The summed E-state index contributed by atoms with van der Waals surface area (Å²) in [6, 6.07) is 0. The highest BCUT2D eigenvalue weighted by molar-refractivity contribution is 8.00. The summed E-state index contributed by atoms with van der Waals surface area (Å²) < 4.78 is 5.41. The highest BCUT2D eigenvalue weighted by atomic mass is 32.2. The minimum Gasteiger partial charge on any atom is -0.381 e. The number of hydrogen-bond donors (Lipinski definition) is 0. The van der Waals surface area contributed by atoms with Crippen molar-refractivity contribution in [3.05, 3.63) is 23.8 Å². The predicted molar refractivity (Wildman–Crippen MR) is 91.8 cm³/mol. The minimum atomic E-state index is -0.268. The van der Waals surface area contributed by atoms with Crippen molar-refractivity contribution in [2.45, 2.75) is 44.0 Å². The Bertz CT molecular complexity index is 569. The third kappa shape index (κ3) is 3.41. The molecule has 1 unspecified atom stereocenters. The first-order valence-electron chi connectivity index (χ1n) is 7.87. The third-order valence-electron chi connectivity index (χ3n) is 4.51. The van der Waals surface area contributed by atoms with E-state index in [1.165, 1.54) is 12.8 Å². The lowest BCUT2D eigenvalue weighted by Crippen LogP contribution is -2.30. The second-order valence-electron chi connectivity index (χ2n) is 6.02. The quantitative estimate of drug-likeness (QED) is 0.800. The number of ether oxygens (including phenoxy) is 1. The fraction of sp³-hybridized carbons (Fsp3) is 0.588. The van der Waals surface area contributed by atoms with Crippen LogP contribution in [0.1, 0.15) is 32.6 Å². The fourth-order valence-electron chi connectivity index (χ4n) is 3.14. The normalized spacial score (nSPS) is 31.3. The molecule has 0 radical (unpaired) electrons. The predicted octanol–water partition coefficient (Wildman–Crippen LogP) is 3.19. The van der Waals surface area contributed by atoms with Crippen LogP contribution in [0.5, 0.6) is 0 Å². The van der Waals surface area contributed by atoms with Crippen LogP contribution in [0.2, 0.25) is 0 Å². The van der Waals surface area contributed by atoms with Crippen molar-refractivity contribution in [1.29, 1.82) is 0 Å². The van der Waals surface area contributed by atoms with Crippen molar-refractivity contribution in [2.24, 2.45) is 15.9 Å². The number of amidine groups is 1. The number of rotatable bonds is 4. The van der Waals surface area contributed by atoms with E-state index in [1.807, 2.05) is 36.9 Å².